The number of nitrogens with one attached hydrogen (secondary N) is 1. The minimum Gasteiger partial charge on any atom is -0.364 e. The lowest BCUT2D eigenvalue weighted by molar-refractivity contribution is 0.963. The molecule has 1 unspecified atom stereocenters. The molecule has 0 aliphatic heterocycles. The maximum atomic E-state index is 9.13. The van der Waals surface area contributed by atoms with Gasteiger partial charge in [-0.05, 0) is 31.2 Å². The minimum absolute atomic E-state index is 0.421. The number of anilines is 1. The SMILES string of the molecule is Cc1csc(C(C#N)Nc2ccc(Cl)cc2)n1. The number of nitriles is 1. The molecular formula is C12H10ClN3S. The lowest BCUT2D eigenvalue weighted by atomic mass is 10.2. The van der Waals surface area contributed by atoms with E-state index in [-0.39, 0.29) is 0 Å². The molecule has 5 heteroatoms. The van der Waals surface area contributed by atoms with Crippen LogP contribution in [0.2, 0.25) is 5.02 Å². The Morgan fingerprint density at radius 2 is 2.12 bits per heavy atom. The molecule has 1 heterocycles. The number of rotatable bonds is 3. The van der Waals surface area contributed by atoms with E-state index in [0.717, 1.165) is 16.4 Å². The van der Waals surface area contributed by atoms with Crippen LogP contribution in [0.5, 0.6) is 0 Å². The third kappa shape index (κ3) is 2.96. The molecule has 1 aromatic carbocycles. The van der Waals surface area contributed by atoms with Crippen molar-refractivity contribution in [2.75, 3.05) is 5.32 Å². The highest BCUT2D eigenvalue weighted by Gasteiger charge is 2.13. The second-order valence-corrected chi connectivity index (χ2v) is 4.87. The fraction of sp³-hybridized carbons (Fsp3) is 0.167. The Morgan fingerprint density at radius 3 is 2.65 bits per heavy atom. The zero-order valence-electron chi connectivity index (χ0n) is 9.14. The summed E-state index contributed by atoms with van der Waals surface area (Å²) in [6.07, 6.45) is 0. The molecule has 0 spiro atoms. The van der Waals surface area contributed by atoms with Crippen molar-refractivity contribution in [1.82, 2.24) is 4.98 Å². The molecule has 17 heavy (non-hydrogen) atoms. The van der Waals surface area contributed by atoms with Gasteiger partial charge in [-0.1, -0.05) is 11.6 Å². The molecule has 86 valence electrons. The Kier molecular flexibility index (Phi) is 3.62. The number of benzene rings is 1. The maximum Gasteiger partial charge on any atom is 0.166 e. The zero-order valence-corrected chi connectivity index (χ0v) is 10.7. The fourth-order valence-electron chi connectivity index (χ4n) is 1.37. The van der Waals surface area contributed by atoms with Crippen LogP contribution < -0.4 is 5.32 Å². The van der Waals surface area contributed by atoms with Gasteiger partial charge in [-0.25, -0.2) is 4.98 Å². The van der Waals surface area contributed by atoms with Gasteiger partial charge in [0.05, 0.1) is 6.07 Å². The summed E-state index contributed by atoms with van der Waals surface area (Å²) in [5.41, 5.74) is 1.79. The van der Waals surface area contributed by atoms with Crippen LogP contribution in [-0.2, 0) is 0 Å². The number of thiazole rings is 1. The largest absolute Gasteiger partial charge is 0.364 e. The number of aromatic nitrogens is 1. The normalized spacial score (nSPS) is 11.8. The van der Waals surface area contributed by atoms with E-state index in [1.165, 1.54) is 11.3 Å². The van der Waals surface area contributed by atoms with E-state index in [2.05, 4.69) is 16.4 Å². The van der Waals surface area contributed by atoms with Crippen LogP contribution in [0.25, 0.3) is 0 Å². The summed E-state index contributed by atoms with van der Waals surface area (Å²) in [6.45, 7) is 1.91. The van der Waals surface area contributed by atoms with Crippen molar-refractivity contribution in [1.29, 1.82) is 5.26 Å². The molecular weight excluding hydrogens is 254 g/mol. The third-order valence-electron chi connectivity index (χ3n) is 2.17. The topological polar surface area (TPSA) is 48.7 Å². The van der Waals surface area contributed by atoms with Gasteiger partial charge in [0.1, 0.15) is 5.01 Å². The van der Waals surface area contributed by atoms with Crippen molar-refractivity contribution in [3.05, 3.63) is 45.4 Å². The van der Waals surface area contributed by atoms with E-state index < -0.39 is 6.04 Å². The number of hydrogen-bond donors (Lipinski definition) is 1. The van der Waals surface area contributed by atoms with Crippen molar-refractivity contribution in [3.8, 4) is 6.07 Å². The Morgan fingerprint density at radius 1 is 1.41 bits per heavy atom. The Balaban J connectivity index is 2.16. The predicted octanol–water partition coefficient (Wildman–Crippen LogP) is 3.78. The summed E-state index contributed by atoms with van der Waals surface area (Å²) in [5, 5.41) is 15.6. The monoisotopic (exact) mass is 263 g/mol. The van der Waals surface area contributed by atoms with Gasteiger partial charge in [-0.2, -0.15) is 5.26 Å². The van der Waals surface area contributed by atoms with Crippen LogP contribution in [0, 0.1) is 18.3 Å². The molecule has 0 saturated heterocycles. The van der Waals surface area contributed by atoms with Crippen LogP contribution in [0.4, 0.5) is 5.69 Å². The van der Waals surface area contributed by atoms with Gasteiger partial charge in [-0.3, -0.25) is 0 Å². The first kappa shape index (κ1) is 11.9. The highest BCUT2D eigenvalue weighted by atomic mass is 35.5. The molecule has 1 atom stereocenters. The van der Waals surface area contributed by atoms with Gasteiger partial charge in [0.15, 0.2) is 6.04 Å². The Labute approximate surface area is 109 Å². The van der Waals surface area contributed by atoms with Crippen molar-refractivity contribution in [2.24, 2.45) is 0 Å². The van der Waals surface area contributed by atoms with Crippen molar-refractivity contribution < 1.29 is 0 Å². The zero-order chi connectivity index (χ0) is 12.3. The highest BCUT2D eigenvalue weighted by molar-refractivity contribution is 7.09. The van der Waals surface area contributed by atoms with Crippen molar-refractivity contribution in [2.45, 2.75) is 13.0 Å². The lowest BCUT2D eigenvalue weighted by Gasteiger charge is -2.10. The molecule has 0 fully saturated rings. The molecule has 1 aromatic heterocycles. The summed E-state index contributed by atoms with van der Waals surface area (Å²) < 4.78 is 0. The van der Waals surface area contributed by atoms with Crippen LogP contribution in [-0.4, -0.2) is 4.98 Å². The quantitative estimate of drug-likeness (QED) is 0.917. The second kappa shape index (κ2) is 5.17. The van der Waals surface area contributed by atoms with Gasteiger partial charge in [0, 0.05) is 21.8 Å². The first-order chi connectivity index (χ1) is 8.19. The number of nitrogens with zero attached hydrogens (tertiary/aromatic N) is 2. The van der Waals surface area contributed by atoms with Crippen LogP contribution in [0.3, 0.4) is 0 Å². The first-order valence-corrected chi connectivity index (χ1v) is 6.28. The van der Waals surface area contributed by atoms with Crippen LogP contribution in [0.15, 0.2) is 29.6 Å². The van der Waals surface area contributed by atoms with Crippen molar-refractivity contribution >= 4 is 28.6 Å². The Bertz CT molecular complexity index is 542. The number of hydrogen-bond acceptors (Lipinski definition) is 4. The number of halogens is 1. The average Bonchev–Trinajstić information content (AvgIpc) is 2.75. The molecule has 2 aromatic rings. The van der Waals surface area contributed by atoms with Gasteiger partial charge in [0.25, 0.3) is 0 Å². The van der Waals surface area contributed by atoms with Gasteiger partial charge >= 0.3 is 0 Å². The summed E-state index contributed by atoms with van der Waals surface area (Å²) in [7, 11) is 0. The van der Waals surface area contributed by atoms with Gasteiger partial charge < -0.3 is 5.32 Å². The molecule has 0 aliphatic rings. The molecule has 1 N–H and O–H groups in total. The molecule has 2 rings (SSSR count). The lowest BCUT2D eigenvalue weighted by Crippen LogP contribution is -2.08. The number of aryl methyl sites for hydroxylation is 1. The highest BCUT2D eigenvalue weighted by Crippen LogP contribution is 2.23. The van der Waals surface area contributed by atoms with E-state index >= 15 is 0 Å². The molecule has 0 radical (unpaired) electrons. The fourth-order valence-corrected chi connectivity index (χ4v) is 2.28. The van der Waals surface area contributed by atoms with E-state index in [4.69, 9.17) is 16.9 Å². The average molecular weight is 264 g/mol. The molecule has 0 bridgehead atoms. The van der Waals surface area contributed by atoms with Gasteiger partial charge in [0.2, 0.25) is 0 Å². The summed E-state index contributed by atoms with van der Waals surface area (Å²) in [5.74, 6) is 0. The van der Waals surface area contributed by atoms with Crippen LogP contribution in [0.1, 0.15) is 16.7 Å². The molecule has 0 saturated carbocycles. The standard InChI is InChI=1S/C12H10ClN3S/c1-8-7-17-12(15-8)11(6-14)16-10-4-2-9(13)3-5-10/h2-5,7,11,16H,1H3. The minimum atomic E-state index is -0.421. The molecule has 0 amide bonds. The second-order valence-electron chi connectivity index (χ2n) is 3.54. The molecule has 3 nitrogen and oxygen atoms in total. The predicted molar refractivity (Wildman–Crippen MR) is 70.3 cm³/mol. The maximum absolute atomic E-state index is 9.13. The van der Waals surface area contributed by atoms with E-state index in [0.29, 0.717) is 5.02 Å². The van der Waals surface area contributed by atoms with E-state index in [9.17, 15) is 0 Å². The van der Waals surface area contributed by atoms with E-state index in [1.54, 1.807) is 12.1 Å². The third-order valence-corrected chi connectivity index (χ3v) is 3.45. The first-order valence-electron chi connectivity index (χ1n) is 5.03. The van der Waals surface area contributed by atoms with Crippen LogP contribution >= 0.6 is 22.9 Å². The van der Waals surface area contributed by atoms with Crippen molar-refractivity contribution in [3.63, 3.8) is 0 Å². The summed E-state index contributed by atoms with van der Waals surface area (Å²) >= 11 is 7.28. The summed E-state index contributed by atoms with van der Waals surface area (Å²) in [6, 6.07) is 9.02. The summed E-state index contributed by atoms with van der Waals surface area (Å²) in [4.78, 5) is 4.30. The van der Waals surface area contributed by atoms with Gasteiger partial charge in [-0.15, -0.1) is 11.3 Å². The van der Waals surface area contributed by atoms with E-state index in [1.807, 2.05) is 24.4 Å². The smallest absolute Gasteiger partial charge is 0.166 e. The molecule has 0 aliphatic carbocycles. The Hall–Kier alpha value is -1.57.